The van der Waals surface area contributed by atoms with Crippen molar-refractivity contribution >= 4 is 46.5 Å². The molecule has 0 heterocycles. The van der Waals surface area contributed by atoms with E-state index < -0.39 is 0 Å². The Morgan fingerprint density at radius 3 is 2.23 bits per heavy atom. The van der Waals surface area contributed by atoms with E-state index in [1.54, 1.807) is 42.5 Å². The van der Waals surface area contributed by atoms with Crippen molar-refractivity contribution in [2.45, 2.75) is 19.9 Å². The van der Waals surface area contributed by atoms with Crippen molar-refractivity contribution in [2.75, 3.05) is 17.2 Å². The number of carbonyl (C=O) groups excluding carboxylic acids is 2. The summed E-state index contributed by atoms with van der Waals surface area (Å²) in [6.45, 7) is 3.53. The zero-order valence-electron chi connectivity index (χ0n) is 14.3. The lowest BCUT2D eigenvalue weighted by molar-refractivity contribution is -0.118. The Labute approximate surface area is 161 Å². The summed E-state index contributed by atoms with van der Waals surface area (Å²) >= 11 is 11.8. The van der Waals surface area contributed by atoms with Gasteiger partial charge in [-0.3, -0.25) is 4.79 Å². The molecule has 0 unspecified atom stereocenters. The predicted molar refractivity (Wildman–Crippen MR) is 104 cm³/mol. The average molecular weight is 396 g/mol. The summed E-state index contributed by atoms with van der Waals surface area (Å²) in [5.74, 6) is -0.00988. The lowest BCUT2D eigenvalue weighted by Gasteiger charge is -2.11. The monoisotopic (exact) mass is 395 g/mol. The van der Waals surface area contributed by atoms with Gasteiger partial charge >= 0.3 is 6.03 Å². The molecular formula is C18H19Cl2N3O3. The third-order valence-corrected chi connectivity index (χ3v) is 3.65. The number of rotatable bonds is 6. The van der Waals surface area contributed by atoms with Crippen LogP contribution in [0.1, 0.15) is 13.8 Å². The molecule has 0 bridgehead atoms. The normalized spacial score (nSPS) is 10.3. The van der Waals surface area contributed by atoms with Gasteiger partial charge in [0.15, 0.2) is 6.61 Å². The van der Waals surface area contributed by atoms with Crippen LogP contribution in [-0.2, 0) is 4.79 Å². The molecule has 0 radical (unpaired) electrons. The molecule has 0 spiro atoms. The third kappa shape index (κ3) is 6.46. The second-order valence-corrected chi connectivity index (χ2v) is 6.59. The van der Waals surface area contributed by atoms with Crippen LogP contribution in [0.15, 0.2) is 42.5 Å². The first-order valence-corrected chi connectivity index (χ1v) is 8.64. The Kier molecular flexibility index (Phi) is 7.12. The van der Waals surface area contributed by atoms with E-state index in [1.807, 2.05) is 13.8 Å². The number of ether oxygens (including phenoxy) is 1. The van der Waals surface area contributed by atoms with Crippen LogP contribution in [0.3, 0.4) is 0 Å². The number of halogens is 2. The molecule has 0 saturated heterocycles. The van der Waals surface area contributed by atoms with Crippen molar-refractivity contribution in [2.24, 2.45) is 0 Å². The number of benzene rings is 2. The van der Waals surface area contributed by atoms with Crippen LogP contribution in [0.4, 0.5) is 16.2 Å². The number of hydrogen-bond acceptors (Lipinski definition) is 3. The molecule has 8 heteroatoms. The fourth-order valence-corrected chi connectivity index (χ4v) is 2.33. The van der Waals surface area contributed by atoms with Crippen molar-refractivity contribution in [1.82, 2.24) is 5.32 Å². The van der Waals surface area contributed by atoms with Gasteiger partial charge in [-0.15, -0.1) is 0 Å². The zero-order chi connectivity index (χ0) is 19.1. The van der Waals surface area contributed by atoms with E-state index in [4.69, 9.17) is 27.9 Å². The Morgan fingerprint density at radius 1 is 1.00 bits per heavy atom. The second kappa shape index (κ2) is 9.31. The lowest BCUT2D eigenvalue weighted by Crippen LogP contribution is -2.34. The number of urea groups is 1. The molecule has 0 aliphatic carbocycles. The molecule has 6 nitrogen and oxygen atoms in total. The van der Waals surface area contributed by atoms with Gasteiger partial charge in [0.1, 0.15) is 5.75 Å². The molecule has 3 amide bonds. The van der Waals surface area contributed by atoms with Crippen molar-refractivity contribution in [3.05, 3.63) is 52.5 Å². The maximum absolute atomic E-state index is 12.0. The molecule has 0 saturated carbocycles. The van der Waals surface area contributed by atoms with E-state index in [9.17, 15) is 9.59 Å². The van der Waals surface area contributed by atoms with Gasteiger partial charge in [-0.1, -0.05) is 23.2 Å². The Hall–Kier alpha value is -2.44. The Bertz CT molecular complexity index is 780. The van der Waals surface area contributed by atoms with Crippen LogP contribution in [0.2, 0.25) is 10.0 Å². The number of nitrogens with one attached hydrogen (secondary N) is 3. The molecule has 138 valence electrons. The van der Waals surface area contributed by atoms with Gasteiger partial charge in [0.2, 0.25) is 0 Å². The van der Waals surface area contributed by atoms with E-state index >= 15 is 0 Å². The van der Waals surface area contributed by atoms with Crippen molar-refractivity contribution in [3.63, 3.8) is 0 Å². The molecule has 0 aliphatic heterocycles. The minimum absolute atomic E-state index is 0.0431. The van der Waals surface area contributed by atoms with E-state index in [0.29, 0.717) is 27.2 Å². The smallest absolute Gasteiger partial charge is 0.319 e. The largest absolute Gasteiger partial charge is 0.482 e. The topological polar surface area (TPSA) is 79.5 Å². The van der Waals surface area contributed by atoms with Gasteiger partial charge in [0.05, 0.1) is 5.02 Å². The maximum Gasteiger partial charge on any atom is 0.319 e. The Balaban J connectivity index is 1.85. The average Bonchev–Trinajstić information content (AvgIpc) is 2.56. The van der Waals surface area contributed by atoms with Gasteiger partial charge in [-0.25, -0.2) is 4.79 Å². The number of hydrogen-bond donors (Lipinski definition) is 3. The lowest BCUT2D eigenvalue weighted by atomic mass is 10.3. The van der Waals surface area contributed by atoms with Gasteiger partial charge in [0, 0.05) is 28.5 Å². The first kappa shape index (κ1) is 19.9. The maximum atomic E-state index is 12.0. The van der Waals surface area contributed by atoms with Crippen LogP contribution in [0, 0.1) is 0 Å². The van der Waals surface area contributed by atoms with Crippen molar-refractivity contribution < 1.29 is 14.3 Å². The molecule has 0 fully saturated rings. The molecule has 3 N–H and O–H groups in total. The summed E-state index contributed by atoms with van der Waals surface area (Å²) in [6, 6.07) is 11.2. The predicted octanol–water partition coefficient (Wildman–Crippen LogP) is 4.54. The minimum atomic E-state index is -0.348. The highest BCUT2D eigenvalue weighted by molar-refractivity contribution is 6.34. The van der Waals surface area contributed by atoms with E-state index in [0.717, 1.165) is 0 Å². The summed E-state index contributed by atoms with van der Waals surface area (Å²) in [5.41, 5.74) is 1.19. The highest BCUT2D eigenvalue weighted by Gasteiger charge is 2.08. The van der Waals surface area contributed by atoms with Crippen LogP contribution in [0.5, 0.6) is 5.75 Å². The van der Waals surface area contributed by atoms with E-state index in [1.165, 1.54) is 0 Å². The van der Waals surface area contributed by atoms with Crippen molar-refractivity contribution in [1.29, 1.82) is 0 Å². The molecule has 2 aromatic rings. The van der Waals surface area contributed by atoms with Crippen LogP contribution >= 0.6 is 23.2 Å². The number of carbonyl (C=O) groups is 2. The van der Waals surface area contributed by atoms with Gasteiger partial charge in [-0.05, 0) is 50.2 Å². The van der Waals surface area contributed by atoms with Gasteiger partial charge < -0.3 is 20.7 Å². The van der Waals surface area contributed by atoms with E-state index in [-0.39, 0.29) is 24.6 Å². The second-order valence-electron chi connectivity index (χ2n) is 5.74. The molecule has 0 atom stereocenters. The SMILES string of the molecule is CC(C)NC(=O)Nc1ccc(NC(=O)COc2cc(Cl)ccc2Cl)cc1. The number of amides is 3. The molecule has 26 heavy (non-hydrogen) atoms. The summed E-state index contributed by atoms with van der Waals surface area (Å²) in [5, 5.41) is 8.95. The summed E-state index contributed by atoms with van der Waals surface area (Å²) in [6.07, 6.45) is 0. The van der Waals surface area contributed by atoms with E-state index in [2.05, 4.69) is 16.0 Å². The summed E-state index contributed by atoms with van der Waals surface area (Å²) < 4.78 is 5.37. The number of anilines is 2. The fraction of sp³-hybridized carbons (Fsp3) is 0.222. The van der Waals surface area contributed by atoms with Crippen LogP contribution in [-0.4, -0.2) is 24.6 Å². The third-order valence-electron chi connectivity index (χ3n) is 3.10. The quantitative estimate of drug-likeness (QED) is 0.671. The first-order valence-electron chi connectivity index (χ1n) is 7.89. The summed E-state index contributed by atoms with van der Waals surface area (Å²) in [7, 11) is 0. The highest BCUT2D eigenvalue weighted by Crippen LogP contribution is 2.27. The molecule has 0 aromatic heterocycles. The van der Waals surface area contributed by atoms with Crippen molar-refractivity contribution in [3.8, 4) is 5.75 Å². The first-order chi connectivity index (χ1) is 12.3. The van der Waals surface area contributed by atoms with Gasteiger partial charge in [-0.2, -0.15) is 0 Å². The highest BCUT2D eigenvalue weighted by atomic mass is 35.5. The Morgan fingerprint density at radius 2 is 1.62 bits per heavy atom. The van der Waals surface area contributed by atoms with Crippen LogP contribution in [0.25, 0.3) is 0 Å². The van der Waals surface area contributed by atoms with Crippen LogP contribution < -0.4 is 20.7 Å². The zero-order valence-corrected chi connectivity index (χ0v) is 15.8. The van der Waals surface area contributed by atoms with Gasteiger partial charge in [0.25, 0.3) is 5.91 Å². The molecule has 2 aromatic carbocycles. The molecule has 2 rings (SSSR count). The standard InChI is InChI=1S/C18H19Cl2N3O3/c1-11(2)21-18(25)23-14-6-4-13(5-7-14)22-17(24)10-26-16-9-12(19)3-8-15(16)20/h3-9,11H,10H2,1-2H3,(H,22,24)(H2,21,23,25). The molecule has 0 aliphatic rings. The summed E-state index contributed by atoms with van der Waals surface area (Å²) in [4.78, 5) is 23.6. The fourth-order valence-electron chi connectivity index (χ4n) is 1.99. The minimum Gasteiger partial charge on any atom is -0.482 e. The molecular weight excluding hydrogens is 377 g/mol.